The van der Waals surface area contributed by atoms with E-state index in [0.717, 1.165) is 10.0 Å². The zero-order chi connectivity index (χ0) is 24.5. The van der Waals surface area contributed by atoms with E-state index in [4.69, 9.17) is 0 Å². The number of sulfonamides is 1. The van der Waals surface area contributed by atoms with Crippen LogP contribution in [0.5, 0.6) is 0 Å². The van der Waals surface area contributed by atoms with Crippen LogP contribution in [0.25, 0.3) is 5.69 Å². The largest absolute Gasteiger partial charge is 0.320 e. The predicted octanol–water partition coefficient (Wildman–Crippen LogP) is 3.43. The minimum Gasteiger partial charge on any atom is -0.320 e. The van der Waals surface area contributed by atoms with Crippen molar-refractivity contribution in [2.24, 2.45) is 13.0 Å². The normalized spacial score (nSPS) is 15.4. The molecule has 1 aliphatic heterocycles. The molecule has 1 amide bonds. The molecule has 0 unspecified atom stereocenters. The van der Waals surface area contributed by atoms with Gasteiger partial charge in [0.25, 0.3) is 5.56 Å². The van der Waals surface area contributed by atoms with Crippen molar-refractivity contribution in [3.05, 3.63) is 80.7 Å². The summed E-state index contributed by atoms with van der Waals surface area (Å²) in [5.74, 6) is -0.682. The molecule has 0 saturated carbocycles. The number of nitrogens with one attached hydrogen (secondary N) is 1. The fraction of sp³-hybridized carbons (Fsp3) is 0.333. The monoisotopic (exact) mass is 546 g/mol. The second-order valence-electron chi connectivity index (χ2n) is 8.48. The van der Waals surface area contributed by atoms with Gasteiger partial charge >= 0.3 is 0 Å². The molecular formula is C24H27BrN4O4S. The highest BCUT2D eigenvalue weighted by atomic mass is 79.9. The number of piperidine rings is 1. The van der Waals surface area contributed by atoms with Crippen molar-refractivity contribution in [2.45, 2.75) is 25.5 Å². The lowest BCUT2D eigenvalue weighted by Gasteiger charge is -2.30. The molecule has 0 atom stereocenters. The van der Waals surface area contributed by atoms with Gasteiger partial charge in [-0.3, -0.25) is 14.3 Å². The summed E-state index contributed by atoms with van der Waals surface area (Å²) >= 11 is 3.35. The third kappa shape index (κ3) is 5.03. The SMILES string of the molecule is Cc1c(NC(=O)C2CCN(S(=O)(=O)Cc3ccc(Br)cc3)CC2)c(=O)n(-c2ccccc2)n1C. The fourth-order valence-corrected chi connectivity index (χ4v) is 6.04. The number of para-hydroxylation sites is 1. The summed E-state index contributed by atoms with van der Waals surface area (Å²) in [4.78, 5) is 26.0. The zero-order valence-electron chi connectivity index (χ0n) is 19.1. The van der Waals surface area contributed by atoms with Crippen molar-refractivity contribution >= 4 is 37.5 Å². The van der Waals surface area contributed by atoms with Gasteiger partial charge in [0.1, 0.15) is 5.69 Å². The van der Waals surface area contributed by atoms with Crippen molar-refractivity contribution < 1.29 is 13.2 Å². The topological polar surface area (TPSA) is 93.4 Å². The van der Waals surface area contributed by atoms with Crippen molar-refractivity contribution in [2.75, 3.05) is 18.4 Å². The summed E-state index contributed by atoms with van der Waals surface area (Å²) < 4.78 is 31.3. The molecule has 180 valence electrons. The van der Waals surface area contributed by atoms with Crippen LogP contribution >= 0.6 is 15.9 Å². The van der Waals surface area contributed by atoms with E-state index in [1.165, 1.54) is 8.99 Å². The Labute approximate surface area is 207 Å². The Morgan fingerprint density at radius 3 is 2.29 bits per heavy atom. The van der Waals surface area contributed by atoms with Gasteiger partial charge in [0.15, 0.2) is 0 Å². The average Bonchev–Trinajstić information content (AvgIpc) is 3.04. The number of hydrogen-bond acceptors (Lipinski definition) is 4. The quantitative estimate of drug-likeness (QED) is 0.512. The summed E-state index contributed by atoms with van der Waals surface area (Å²) in [6.45, 7) is 2.34. The Morgan fingerprint density at radius 1 is 1.06 bits per heavy atom. The number of benzene rings is 2. The molecule has 34 heavy (non-hydrogen) atoms. The summed E-state index contributed by atoms with van der Waals surface area (Å²) in [5, 5.41) is 2.81. The van der Waals surface area contributed by atoms with Crippen molar-refractivity contribution in [1.29, 1.82) is 0 Å². The van der Waals surface area contributed by atoms with Gasteiger partial charge in [-0.25, -0.2) is 17.4 Å². The number of aromatic nitrogens is 2. The molecule has 2 heterocycles. The summed E-state index contributed by atoms with van der Waals surface area (Å²) in [7, 11) is -1.70. The lowest BCUT2D eigenvalue weighted by molar-refractivity contribution is -0.120. The first-order valence-electron chi connectivity index (χ1n) is 11.0. The summed E-state index contributed by atoms with van der Waals surface area (Å²) in [6.07, 6.45) is 0.814. The minimum absolute atomic E-state index is 0.0701. The van der Waals surface area contributed by atoms with Crippen LogP contribution in [0.15, 0.2) is 63.9 Å². The van der Waals surface area contributed by atoms with Gasteiger partial charge in [-0.05, 0) is 49.6 Å². The summed E-state index contributed by atoms with van der Waals surface area (Å²) in [5.41, 5.74) is 2.03. The molecule has 0 spiro atoms. The molecule has 1 aliphatic rings. The number of carbonyl (C=O) groups excluding carboxylic acids is 1. The number of anilines is 1. The molecular weight excluding hydrogens is 520 g/mol. The van der Waals surface area contributed by atoms with Crippen LogP contribution in [0, 0.1) is 12.8 Å². The molecule has 0 aliphatic carbocycles. The molecule has 1 aromatic heterocycles. The Bertz CT molecular complexity index is 1340. The first-order valence-corrected chi connectivity index (χ1v) is 13.4. The van der Waals surface area contributed by atoms with Crippen LogP contribution in [-0.4, -0.2) is 41.1 Å². The Balaban J connectivity index is 1.42. The van der Waals surface area contributed by atoms with Gasteiger partial charge in [0.05, 0.1) is 17.1 Å². The van der Waals surface area contributed by atoms with Gasteiger partial charge in [-0.2, -0.15) is 0 Å². The zero-order valence-corrected chi connectivity index (χ0v) is 21.5. The molecule has 4 rings (SSSR count). The van der Waals surface area contributed by atoms with E-state index in [2.05, 4.69) is 21.2 Å². The first kappa shape index (κ1) is 24.4. The van der Waals surface area contributed by atoms with Crippen LogP contribution in [0.4, 0.5) is 5.69 Å². The van der Waals surface area contributed by atoms with E-state index >= 15 is 0 Å². The van der Waals surface area contributed by atoms with Crippen molar-refractivity contribution in [1.82, 2.24) is 13.7 Å². The predicted molar refractivity (Wildman–Crippen MR) is 135 cm³/mol. The Kier molecular flexibility index (Phi) is 7.11. The van der Waals surface area contributed by atoms with E-state index in [0.29, 0.717) is 24.2 Å². The number of hydrogen-bond donors (Lipinski definition) is 1. The lowest BCUT2D eigenvalue weighted by atomic mass is 9.97. The number of carbonyl (C=O) groups is 1. The molecule has 0 bridgehead atoms. The van der Waals surface area contributed by atoms with Gasteiger partial charge in [0, 0.05) is 30.5 Å². The van der Waals surface area contributed by atoms with Crippen LogP contribution < -0.4 is 10.9 Å². The second-order valence-corrected chi connectivity index (χ2v) is 11.4. The number of amides is 1. The number of rotatable bonds is 6. The van der Waals surface area contributed by atoms with E-state index in [1.54, 1.807) is 30.8 Å². The minimum atomic E-state index is -3.47. The van der Waals surface area contributed by atoms with Crippen LogP contribution in [0.3, 0.4) is 0 Å². The molecule has 1 saturated heterocycles. The molecule has 0 radical (unpaired) electrons. The van der Waals surface area contributed by atoms with Gasteiger partial charge in [-0.1, -0.05) is 46.3 Å². The van der Waals surface area contributed by atoms with E-state index < -0.39 is 10.0 Å². The van der Waals surface area contributed by atoms with Gasteiger partial charge in [-0.15, -0.1) is 0 Å². The van der Waals surface area contributed by atoms with Crippen molar-refractivity contribution in [3.8, 4) is 5.69 Å². The van der Waals surface area contributed by atoms with E-state index in [1.807, 2.05) is 42.5 Å². The van der Waals surface area contributed by atoms with Crippen LogP contribution in [-0.2, 0) is 27.6 Å². The third-order valence-electron chi connectivity index (χ3n) is 6.28. The second kappa shape index (κ2) is 9.89. The molecule has 10 heteroatoms. The summed E-state index contributed by atoms with van der Waals surface area (Å²) in [6, 6.07) is 16.4. The molecule has 1 N–H and O–H groups in total. The van der Waals surface area contributed by atoms with E-state index in [9.17, 15) is 18.0 Å². The molecule has 1 fully saturated rings. The fourth-order valence-electron chi connectivity index (χ4n) is 4.22. The maximum absolute atomic E-state index is 13.0. The molecule has 2 aromatic carbocycles. The van der Waals surface area contributed by atoms with Crippen LogP contribution in [0.2, 0.25) is 0 Å². The van der Waals surface area contributed by atoms with E-state index in [-0.39, 0.29) is 41.9 Å². The number of nitrogens with zero attached hydrogens (tertiary/aromatic N) is 3. The first-order chi connectivity index (χ1) is 16.2. The smallest absolute Gasteiger partial charge is 0.295 e. The molecule has 8 nitrogen and oxygen atoms in total. The number of halogens is 1. The maximum atomic E-state index is 13.0. The highest BCUT2D eigenvalue weighted by molar-refractivity contribution is 9.10. The maximum Gasteiger partial charge on any atom is 0.295 e. The Hall–Kier alpha value is -2.69. The standard InChI is InChI=1S/C24H27BrN4O4S/c1-17-22(24(31)29(27(17)2)21-6-4-3-5-7-21)26-23(30)19-12-14-28(15-13-19)34(32,33)16-18-8-10-20(25)11-9-18/h3-11,19H,12-16H2,1-2H3,(H,26,30). The lowest BCUT2D eigenvalue weighted by Crippen LogP contribution is -2.42. The molecule has 3 aromatic rings. The third-order valence-corrected chi connectivity index (χ3v) is 8.66. The van der Waals surface area contributed by atoms with Crippen molar-refractivity contribution in [3.63, 3.8) is 0 Å². The van der Waals surface area contributed by atoms with Gasteiger partial charge < -0.3 is 5.32 Å². The van der Waals surface area contributed by atoms with Gasteiger partial charge in [0.2, 0.25) is 15.9 Å². The highest BCUT2D eigenvalue weighted by Crippen LogP contribution is 2.24. The van der Waals surface area contributed by atoms with Crippen LogP contribution in [0.1, 0.15) is 24.1 Å². The Morgan fingerprint density at radius 2 is 1.68 bits per heavy atom. The highest BCUT2D eigenvalue weighted by Gasteiger charge is 2.32. The average molecular weight is 547 g/mol.